The normalized spacial score (nSPS) is 15.6. The summed E-state index contributed by atoms with van der Waals surface area (Å²) in [7, 11) is 2.18. The van der Waals surface area contributed by atoms with E-state index in [1.807, 2.05) is 12.4 Å². The Balaban J connectivity index is 1.58. The van der Waals surface area contributed by atoms with Gasteiger partial charge in [-0.2, -0.15) is 0 Å². The molecular weight excluding hydrogens is 198 g/mol. The van der Waals surface area contributed by atoms with Gasteiger partial charge in [-0.05, 0) is 57.1 Å². The van der Waals surface area contributed by atoms with Crippen LogP contribution in [-0.4, -0.2) is 36.1 Å². The lowest BCUT2D eigenvalue weighted by Crippen LogP contribution is -2.24. The Hall–Kier alpha value is -0.930. The molecule has 1 aliphatic rings. The Morgan fingerprint density at radius 1 is 1.38 bits per heavy atom. The molecule has 0 atom stereocenters. The molecule has 1 aromatic heterocycles. The molecule has 0 saturated heterocycles. The molecule has 0 aromatic carbocycles. The minimum atomic E-state index is 0.838. The van der Waals surface area contributed by atoms with Crippen molar-refractivity contribution in [1.29, 1.82) is 0 Å². The van der Waals surface area contributed by atoms with Gasteiger partial charge in [0.25, 0.3) is 0 Å². The van der Waals surface area contributed by atoms with E-state index in [1.165, 1.54) is 24.8 Å². The average molecular weight is 219 g/mol. The Bertz CT molecular complexity index is 295. The largest absolute Gasteiger partial charge is 0.314 e. The monoisotopic (exact) mass is 219 g/mol. The topological polar surface area (TPSA) is 28.2 Å². The molecule has 1 aromatic rings. The summed E-state index contributed by atoms with van der Waals surface area (Å²) in [5, 5.41) is 3.54. The predicted octanol–water partition coefficient (Wildman–Crippen LogP) is 1.66. The fourth-order valence-corrected chi connectivity index (χ4v) is 1.82. The van der Waals surface area contributed by atoms with Gasteiger partial charge in [0, 0.05) is 25.0 Å². The minimum absolute atomic E-state index is 0.838. The highest BCUT2D eigenvalue weighted by Gasteiger charge is 2.19. The Kier molecular flexibility index (Phi) is 4.31. The maximum absolute atomic E-state index is 4.03. The summed E-state index contributed by atoms with van der Waals surface area (Å²) in [6.45, 7) is 3.33. The number of rotatable bonds is 7. The maximum Gasteiger partial charge on any atom is 0.0271 e. The lowest BCUT2D eigenvalue weighted by atomic mass is 10.2. The van der Waals surface area contributed by atoms with E-state index in [0.29, 0.717) is 0 Å². The first-order chi connectivity index (χ1) is 7.84. The fraction of sp³-hybridized carbons (Fsp3) is 0.615. The van der Waals surface area contributed by atoms with Crippen molar-refractivity contribution >= 4 is 0 Å². The third-order valence-corrected chi connectivity index (χ3v) is 2.93. The van der Waals surface area contributed by atoms with E-state index < -0.39 is 0 Å². The van der Waals surface area contributed by atoms with Crippen LogP contribution in [0, 0.1) is 0 Å². The number of hydrogen-bond donors (Lipinski definition) is 1. The molecule has 0 unspecified atom stereocenters. The van der Waals surface area contributed by atoms with Crippen molar-refractivity contribution in [3.63, 3.8) is 0 Å². The fourth-order valence-electron chi connectivity index (χ4n) is 1.82. The molecule has 3 heteroatoms. The maximum atomic E-state index is 4.03. The summed E-state index contributed by atoms with van der Waals surface area (Å²) in [6.07, 6.45) is 7.72. The Morgan fingerprint density at radius 3 is 2.81 bits per heavy atom. The van der Waals surface area contributed by atoms with E-state index in [9.17, 15) is 0 Å². The van der Waals surface area contributed by atoms with Gasteiger partial charge in [-0.25, -0.2) is 0 Å². The summed E-state index contributed by atoms with van der Waals surface area (Å²) in [6, 6.07) is 5.00. The number of nitrogens with one attached hydrogen (secondary N) is 1. The second-order valence-corrected chi connectivity index (χ2v) is 4.68. The minimum Gasteiger partial charge on any atom is -0.314 e. The highest BCUT2D eigenvalue weighted by Crippen LogP contribution is 2.18. The van der Waals surface area contributed by atoms with Crippen LogP contribution in [0.2, 0.25) is 0 Å². The average Bonchev–Trinajstić information content (AvgIpc) is 3.10. The lowest BCUT2D eigenvalue weighted by Gasteiger charge is -2.16. The zero-order chi connectivity index (χ0) is 11.2. The second kappa shape index (κ2) is 5.97. The summed E-state index contributed by atoms with van der Waals surface area (Å²) in [5.74, 6) is 0. The van der Waals surface area contributed by atoms with Crippen LogP contribution < -0.4 is 5.32 Å². The van der Waals surface area contributed by atoms with E-state index >= 15 is 0 Å². The molecule has 2 rings (SSSR count). The van der Waals surface area contributed by atoms with Crippen molar-refractivity contribution in [2.24, 2.45) is 0 Å². The molecule has 1 heterocycles. The molecule has 0 aliphatic heterocycles. The third kappa shape index (κ3) is 4.29. The van der Waals surface area contributed by atoms with E-state index in [1.54, 1.807) is 0 Å². The van der Waals surface area contributed by atoms with Crippen molar-refractivity contribution in [2.75, 3.05) is 20.1 Å². The van der Waals surface area contributed by atoms with Crippen LogP contribution in [0.3, 0.4) is 0 Å². The molecule has 0 radical (unpaired) electrons. The summed E-state index contributed by atoms with van der Waals surface area (Å²) in [5.41, 5.74) is 1.34. The molecule has 16 heavy (non-hydrogen) atoms. The van der Waals surface area contributed by atoms with Gasteiger partial charge in [0.1, 0.15) is 0 Å². The van der Waals surface area contributed by atoms with Crippen molar-refractivity contribution < 1.29 is 0 Å². The van der Waals surface area contributed by atoms with Crippen LogP contribution in [0.25, 0.3) is 0 Å². The van der Waals surface area contributed by atoms with Gasteiger partial charge >= 0.3 is 0 Å². The quantitative estimate of drug-likeness (QED) is 0.707. The molecule has 1 fully saturated rings. The molecule has 0 spiro atoms. The molecule has 3 nitrogen and oxygen atoms in total. The highest BCUT2D eigenvalue weighted by molar-refractivity contribution is 5.09. The van der Waals surface area contributed by atoms with Gasteiger partial charge in [-0.3, -0.25) is 4.98 Å². The zero-order valence-electron chi connectivity index (χ0n) is 10.0. The predicted molar refractivity (Wildman–Crippen MR) is 66.2 cm³/mol. The third-order valence-electron chi connectivity index (χ3n) is 2.93. The van der Waals surface area contributed by atoms with Gasteiger partial charge in [0.2, 0.25) is 0 Å². The summed E-state index contributed by atoms with van der Waals surface area (Å²) < 4.78 is 0. The molecular formula is C13H21N3. The standard InChI is InChI=1S/C13H21N3/c1-16(10-2-7-15-13-3-4-13)11-12-5-8-14-9-6-12/h5-6,8-9,13,15H,2-4,7,10-11H2,1H3. The van der Waals surface area contributed by atoms with E-state index in [2.05, 4.69) is 34.4 Å². The Morgan fingerprint density at radius 2 is 2.12 bits per heavy atom. The van der Waals surface area contributed by atoms with Crippen LogP contribution in [-0.2, 0) is 6.54 Å². The summed E-state index contributed by atoms with van der Waals surface area (Å²) in [4.78, 5) is 6.39. The number of pyridine rings is 1. The molecule has 1 saturated carbocycles. The number of hydrogen-bond acceptors (Lipinski definition) is 3. The first kappa shape index (κ1) is 11.6. The van der Waals surface area contributed by atoms with E-state index in [0.717, 1.165) is 25.7 Å². The van der Waals surface area contributed by atoms with Crippen LogP contribution in [0.1, 0.15) is 24.8 Å². The zero-order valence-corrected chi connectivity index (χ0v) is 10.0. The second-order valence-electron chi connectivity index (χ2n) is 4.68. The highest BCUT2D eigenvalue weighted by atomic mass is 15.1. The lowest BCUT2D eigenvalue weighted by molar-refractivity contribution is 0.319. The van der Waals surface area contributed by atoms with Gasteiger partial charge in [0.15, 0.2) is 0 Å². The SMILES string of the molecule is CN(CCCNC1CC1)Cc1ccncc1. The van der Waals surface area contributed by atoms with Crippen LogP contribution in [0.5, 0.6) is 0 Å². The van der Waals surface area contributed by atoms with Gasteiger partial charge < -0.3 is 10.2 Å². The first-order valence-corrected chi connectivity index (χ1v) is 6.15. The summed E-state index contributed by atoms with van der Waals surface area (Å²) >= 11 is 0. The van der Waals surface area contributed by atoms with Crippen LogP contribution in [0.15, 0.2) is 24.5 Å². The molecule has 0 bridgehead atoms. The van der Waals surface area contributed by atoms with Crippen molar-refractivity contribution in [1.82, 2.24) is 15.2 Å². The number of aromatic nitrogens is 1. The van der Waals surface area contributed by atoms with Crippen LogP contribution in [0.4, 0.5) is 0 Å². The molecule has 0 amide bonds. The van der Waals surface area contributed by atoms with Gasteiger partial charge in [-0.1, -0.05) is 0 Å². The molecule has 88 valence electrons. The van der Waals surface area contributed by atoms with E-state index in [4.69, 9.17) is 0 Å². The smallest absolute Gasteiger partial charge is 0.0271 e. The van der Waals surface area contributed by atoms with Crippen molar-refractivity contribution in [2.45, 2.75) is 31.8 Å². The molecule has 1 N–H and O–H groups in total. The Labute approximate surface area is 97.9 Å². The van der Waals surface area contributed by atoms with Crippen molar-refractivity contribution in [3.05, 3.63) is 30.1 Å². The van der Waals surface area contributed by atoms with Crippen LogP contribution >= 0.6 is 0 Å². The van der Waals surface area contributed by atoms with Crippen molar-refractivity contribution in [3.8, 4) is 0 Å². The first-order valence-electron chi connectivity index (χ1n) is 6.15. The molecule has 1 aliphatic carbocycles. The van der Waals surface area contributed by atoms with Gasteiger partial charge in [-0.15, -0.1) is 0 Å². The van der Waals surface area contributed by atoms with E-state index in [-0.39, 0.29) is 0 Å². The van der Waals surface area contributed by atoms with Gasteiger partial charge in [0.05, 0.1) is 0 Å². The number of nitrogens with zero attached hydrogens (tertiary/aromatic N) is 2.